The third kappa shape index (κ3) is 5.27. The molecule has 0 aliphatic carbocycles. The molecule has 1 atom stereocenters. The van der Waals surface area contributed by atoms with E-state index in [9.17, 15) is 4.79 Å². The Hall–Kier alpha value is -1.75. The molecular weight excluding hydrogens is 270 g/mol. The summed E-state index contributed by atoms with van der Waals surface area (Å²) in [7, 11) is 3.10. The number of methoxy groups -OCH3 is 2. The fourth-order valence-corrected chi connectivity index (χ4v) is 2.26. The van der Waals surface area contributed by atoms with Crippen molar-refractivity contribution < 1.29 is 19.4 Å². The topological polar surface area (TPSA) is 67.8 Å². The maximum atomic E-state index is 12.2. The molecule has 1 unspecified atom stereocenters. The zero-order chi connectivity index (χ0) is 15.7. The van der Waals surface area contributed by atoms with E-state index < -0.39 is 0 Å². The van der Waals surface area contributed by atoms with Gasteiger partial charge in [0.05, 0.1) is 14.2 Å². The summed E-state index contributed by atoms with van der Waals surface area (Å²) < 4.78 is 10.3. The van der Waals surface area contributed by atoms with Crippen molar-refractivity contribution in [1.29, 1.82) is 0 Å². The highest BCUT2D eigenvalue weighted by Crippen LogP contribution is 2.27. The molecule has 5 nitrogen and oxygen atoms in total. The first kappa shape index (κ1) is 17.3. The zero-order valence-electron chi connectivity index (χ0n) is 13.0. The summed E-state index contributed by atoms with van der Waals surface area (Å²) in [5.74, 6) is 1.29. The lowest BCUT2D eigenvalue weighted by molar-refractivity contribution is 0.0942. The third-order valence-corrected chi connectivity index (χ3v) is 3.43. The number of carbonyl (C=O) groups excluding carboxylic acids is 1. The summed E-state index contributed by atoms with van der Waals surface area (Å²) >= 11 is 0. The van der Waals surface area contributed by atoms with Crippen LogP contribution in [-0.4, -0.2) is 38.4 Å². The minimum absolute atomic E-state index is 0.144. The molecule has 0 aliphatic heterocycles. The summed E-state index contributed by atoms with van der Waals surface area (Å²) in [6.45, 7) is 2.82. The van der Waals surface area contributed by atoms with Gasteiger partial charge >= 0.3 is 0 Å². The zero-order valence-corrected chi connectivity index (χ0v) is 13.0. The van der Waals surface area contributed by atoms with Crippen molar-refractivity contribution >= 4 is 5.91 Å². The van der Waals surface area contributed by atoms with Gasteiger partial charge in [-0.15, -0.1) is 0 Å². The number of carbonyl (C=O) groups is 1. The first-order valence-electron chi connectivity index (χ1n) is 7.27. The van der Waals surface area contributed by atoms with E-state index in [1.165, 1.54) is 7.11 Å². The molecule has 118 valence electrons. The van der Waals surface area contributed by atoms with Crippen LogP contribution in [0.2, 0.25) is 0 Å². The van der Waals surface area contributed by atoms with Gasteiger partial charge < -0.3 is 19.9 Å². The quantitative estimate of drug-likeness (QED) is 0.733. The van der Waals surface area contributed by atoms with Crippen LogP contribution in [-0.2, 0) is 0 Å². The van der Waals surface area contributed by atoms with Crippen LogP contribution >= 0.6 is 0 Å². The second-order valence-electron chi connectivity index (χ2n) is 4.95. The fraction of sp³-hybridized carbons (Fsp3) is 0.562. The second kappa shape index (κ2) is 9.23. The Balaban J connectivity index is 2.66. The number of hydrogen-bond donors (Lipinski definition) is 2. The molecule has 0 saturated heterocycles. The predicted molar refractivity (Wildman–Crippen MR) is 82.0 cm³/mol. The van der Waals surface area contributed by atoms with E-state index in [4.69, 9.17) is 14.6 Å². The maximum Gasteiger partial charge on any atom is 0.251 e. The Morgan fingerprint density at radius 3 is 2.52 bits per heavy atom. The number of nitrogens with one attached hydrogen (secondary N) is 1. The molecule has 0 bridgehead atoms. The van der Waals surface area contributed by atoms with Gasteiger partial charge in [0.25, 0.3) is 5.91 Å². The van der Waals surface area contributed by atoms with Crippen LogP contribution in [0.4, 0.5) is 0 Å². The first-order chi connectivity index (χ1) is 10.2. The average molecular weight is 295 g/mol. The van der Waals surface area contributed by atoms with Gasteiger partial charge in [-0.1, -0.05) is 13.3 Å². The van der Waals surface area contributed by atoms with Gasteiger partial charge in [-0.2, -0.15) is 0 Å². The normalized spacial score (nSPS) is 11.8. The van der Waals surface area contributed by atoms with E-state index in [0.29, 0.717) is 35.9 Å². The Morgan fingerprint density at radius 1 is 1.24 bits per heavy atom. The molecule has 5 heteroatoms. The maximum absolute atomic E-state index is 12.2. The number of benzene rings is 1. The minimum atomic E-state index is -0.144. The van der Waals surface area contributed by atoms with Crippen molar-refractivity contribution in [3.63, 3.8) is 0 Å². The van der Waals surface area contributed by atoms with Crippen LogP contribution in [0.25, 0.3) is 0 Å². The highest BCUT2D eigenvalue weighted by atomic mass is 16.5. The largest absolute Gasteiger partial charge is 0.493 e. The number of aliphatic hydroxyl groups is 1. The number of amides is 1. The second-order valence-corrected chi connectivity index (χ2v) is 4.95. The lowest BCUT2D eigenvalue weighted by Gasteiger charge is -2.16. The molecule has 1 amide bonds. The van der Waals surface area contributed by atoms with Crippen molar-refractivity contribution in [2.75, 3.05) is 27.4 Å². The van der Waals surface area contributed by atoms with Crippen LogP contribution in [0.5, 0.6) is 11.5 Å². The lowest BCUT2D eigenvalue weighted by Crippen LogP contribution is -2.29. The first-order valence-corrected chi connectivity index (χ1v) is 7.27. The predicted octanol–water partition coefficient (Wildman–Crippen LogP) is 2.23. The monoisotopic (exact) mass is 295 g/mol. The van der Waals surface area contributed by atoms with Crippen molar-refractivity contribution in [3.8, 4) is 11.5 Å². The highest BCUT2D eigenvalue weighted by molar-refractivity contribution is 5.94. The van der Waals surface area contributed by atoms with Crippen molar-refractivity contribution in [2.24, 2.45) is 5.92 Å². The van der Waals surface area contributed by atoms with Gasteiger partial charge in [0, 0.05) is 18.7 Å². The summed E-state index contributed by atoms with van der Waals surface area (Å²) in [5, 5.41) is 11.9. The molecule has 0 spiro atoms. The van der Waals surface area contributed by atoms with Gasteiger partial charge in [-0.25, -0.2) is 0 Å². The molecule has 1 aromatic carbocycles. The lowest BCUT2D eigenvalue weighted by atomic mass is 10.00. The van der Waals surface area contributed by atoms with E-state index in [1.54, 1.807) is 25.3 Å². The molecule has 21 heavy (non-hydrogen) atoms. The van der Waals surface area contributed by atoms with Crippen LogP contribution < -0.4 is 14.8 Å². The molecule has 0 heterocycles. The summed E-state index contributed by atoms with van der Waals surface area (Å²) in [4.78, 5) is 12.2. The Labute approximate surface area is 126 Å². The Bertz CT molecular complexity index is 442. The number of ether oxygens (including phenoxy) is 2. The van der Waals surface area contributed by atoms with E-state index in [0.717, 1.165) is 12.8 Å². The van der Waals surface area contributed by atoms with E-state index in [1.807, 2.05) is 0 Å². The third-order valence-electron chi connectivity index (χ3n) is 3.43. The molecule has 1 aromatic rings. The van der Waals surface area contributed by atoms with Crippen molar-refractivity contribution in [3.05, 3.63) is 23.8 Å². The molecule has 0 saturated carbocycles. The molecule has 0 radical (unpaired) electrons. The summed E-state index contributed by atoms with van der Waals surface area (Å²) in [6.07, 6.45) is 2.74. The Morgan fingerprint density at radius 2 is 1.95 bits per heavy atom. The Kier molecular flexibility index (Phi) is 7.61. The SMILES string of the molecule is CCCC(CCO)CNC(=O)c1ccc(OC)c(OC)c1. The van der Waals surface area contributed by atoms with Gasteiger partial charge in [0.1, 0.15) is 0 Å². The standard InChI is InChI=1S/C16H25NO4/c1-4-5-12(8-9-18)11-17-16(19)13-6-7-14(20-2)15(10-13)21-3/h6-7,10,12,18H,4-5,8-9,11H2,1-3H3,(H,17,19). The van der Waals surface area contributed by atoms with Crippen molar-refractivity contribution in [2.45, 2.75) is 26.2 Å². The van der Waals surface area contributed by atoms with Crippen molar-refractivity contribution in [1.82, 2.24) is 5.32 Å². The highest BCUT2D eigenvalue weighted by Gasteiger charge is 2.13. The van der Waals surface area contributed by atoms with Gasteiger partial charge in [0.2, 0.25) is 0 Å². The molecular formula is C16H25NO4. The van der Waals surface area contributed by atoms with Gasteiger partial charge in [-0.05, 0) is 37.0 Å². The number of rotatable bonds is 9. The van der Waals surface area contributed by atoms with Crippen LogP contribution in [0.15, 0.2) is 18.2 Å². The minimum Gasteiger partial charge on any atom is -0.493 e. The van der Waals surface area contributed by atoms with E-state index in [-0.39, 0.29) is 12.5 Å². The average Bonchev–Trinajstić information content (AvgIpc) is 2.52. The fourth-order valence-electron chi connectivity index (χ4n) is 2.26. The van der Waals surface area contributed by atoms with E-state index in [2.05, 4.69) is 12.2 Å². The summed E-state index contributed by atoms with van der Waals surface area (Å²) in [6, 6.07) is 5.08. The number of hydrogen-bond acceptors (Lipinski definition) is 4. The van der Waals surface area contributed by atoms with Crippen LogP contribution in [0, 0.1) is 5.92 Å². The van der Waals surface area contributed by atoms with Gasteiger partial charge in [-0.3, -0.25) is 4.79 Å². The molecule has 2 N–H and O–H groups in total. The van der Waals surface area contributed by atoms with Gasteiger partial charge in [0.15, 0.2) is 11.5 Å². The molecule has 0 aromatic heterocycles. The number of aliphatic hydroxyl groups excluding tert-OH is 1. The summed E-state index contributed by atoms with van der Waals surface area (Å²) in [5.41, 5.74) is 0.534. The van der Waals surface area contributed by atoms with Crippen LogP contribution in [0.1, 0.15) is 36.5 Å². The molecule has 1 rings (SSSR count). The smallest absolute Gasteiger partial charge is 0.251 e. The molecule has 0 fully saturated rings. The molecule has 0 aliphatic rings. The van der Waals surface area contributed by atoms with E-state index >= 15 is 0 Å². The van der Waals surface area contributed by atoms with Crippen LogP contribution in [0.3, 0.4) is 0 Å².